The van der Waals surface area contributed by atoms with Crippen molar-refractivity contribution in [1.82, 2.24) is 4.57 Å². The Kier molecular flexibility index (Phi) is 3.51. The number of benzene rings is 3. The first-order valence-corrected chi connectivity index (χ1v) is 7.88. The van der Waals surface area contributed by atoms with Gasteiger partial charge in [0.15, 0.2) is 5.43 Å². The molecule has 0 unspecified atom stereocenters. The van der Waals surface area contributed by atoms with Crippen molar-refractivity contribution in [3.05, 3.63) is 89.1 Å². The molecule has 0 saturated carbocycles. The van der Waals surface area contributed by atoms with Crippen LogP contribution < -0.4 is 5.43 Å². The van der Waals surface area contributed by atoms with Crippen LogP contribution in [0.1, 0.15) is 0 Å². The molecule has 3 aromatic carbocycles. The third kappa shape index (κ3) is 2.54. The highest BCUT2D eigenvalue weighted by atomic mass is 16.3. The predicted octanol–water partition coefficient (Wildman–Crippen LogP) is 4.07. The minimum absolute atomic E-state index is 0.0979. The van der Waals surface area contributed by atoms with Gasteiger partial charge in [-0.15, -0.1) is 0 Å². The number of aromatic nitrogens is 1. The van der Waals surface area contributed by atoms with Gasteiger partial charge < -0.3 is 14.8 Å². The molecule has 25 heavy (non-hydrogen) atoms. The molecule has 0 radical (unpaired) electrons. The number of phenols is 2. The Morgan fingerprint density at radius 2 is 1.40 bits per heavy atom. The molecule has 0 aliphatic rings. The summed E-state index contributed by atoms with van der Waals surface area (Å²) in [7, 11) is 0. The second kappa shape index (κ2) is 5.83. The summed E-state index contributed by atoms with van der Waals surface area (Å²) in [5.41, 5.74) is 2.55. The molecule has 4 nitrogen and oxygen atoms in total. The van der Waals surface area contributed by atoms with Gasteiger partial charge in [-0.2, -0.15) is 0 Å². The molecular weight excluding hydrogens is 314 g/mol. The molecule has 4 heteroatoms. The molecule has 1 aromatic heterocycles. The first kappa shape index (κ1) is 15.0. The Labute approximate surface area is 143 Å². The summed E-state index contributed by atoms with van der Waals surface area (Å²) < 4.78 is 1.87. The maximum Gasteiger partial charge on any atom is 0.193 e. The van der Waals surface area contributed by atoms with Crippen molar-refractivity contribution in [2.24, 2.45) is 0 Å². The van der Waals surface area contributed by atoms with Crippen LogP contribution in [0.3, 0.4) is 0 Å². The maximum absolute atomic E-state index is 12.6. The van der Waals surface area contributed by atoms with E-state index in [2.05, 4.69) is 0 Å². The molecule has 0 fully saturated rings. The molecule has 2 N–H and O–H groups in total. The summed E-state index contributed by atoms with van der Waals surface area (Å²) >= 11 is 0. The summed E-state index contributed by atoms with van der Waals surface area (Å²) in [4.78, 5) is 12.6. The second-order valence-corrected chi connectivity index (χ2v) is 5.79. The summed E-state index contributed by atoms with van der Waals surface area (Å²) in [6.45, 7) is 0. The van der Waals surface area contributed by atoms with Gasteiger partial charge in [0.05, 0.1) is 16.6 Å². The number of hydrogen-bond acceptors (Lipinski definition) is 3. The zero-order valence-corrected chi connectivity index (χ0v) is 13.3. The van der Waals surface area contributed by atoms with Gasteiger partial charge in [0, 0.05) is 23.9 Å². The highest BCUT2D eigenvalue weighted by Crippen LogP contribution is 2.32. The van der Waals surface area contributed by atoms with Gasteiger partial charge in [0.2, 0.25) is 0 Å². The quantitative estimate of drug-likeness (QED) is 0.583. The minimum Gasteiger partial charge on any atom is -0.508 e. The lowest BCUT2D eigenvalue weighted by atomic mass is 10.1. The third-order valence-electron chi connectivity index (χ3n) is 4.16. The average Bonchev–Trinajstić information content (AvgIpc) is 2.62. The molecule has 4 aromatic rings. The van der Waals surface area contributed by atoms with Crippen LogP contribution in [0.25, 0.3) is 27.8 Å². The molecule has 1 heterocycles. The Morgan fingerprint density at radius 3 is 2.08 bits per heavy atom. The molecule has 0 spiro atoms. The fourth-order valence-electron chi connectivity index (χ4n) is 3.09. The fourth-order valence-corrected chi connectivity index (χ4v) is 3.09. The van der Waals surface area contributed by atoms with Crippen molar-refractivity contribution in [2.75, 3.05) is 0 Å². The summed E-state index contributed by atoms with van der Waals surface area (Å²) in [6, 6.07) is 23.3. The van der Waals surface area contributed by atoms with Gasteiger partial charge in [0.25, 0.3) is 0 Å². The SMILES string of the molecule is O=c1cc(-c2ccccc2)n(-c2ccccc2)c2cc(O)cc(O)c12. The molecular formula is C21H15NO3. The molecule has 0 aliphatic heterocycles. The van der Waals surface area contributed by atoms with Crippen LogP contribution in [0.4, 0.5) is 0 Å². The topological polar surface area (TPSA) is 62.5 Å². The van der Waals surface area contributed by atoms with Crippen molar-refractivity contribution in [1.29, 1.82) is 0 Å². The van der Waals surface area contributed by atoms with Crippen molar-refractivity contribution < 1.29 is 10.2 Å². The standard InChI is InChI=1S/C21H15NO3/c23-16-11-18-21(19(24)12-16)20(25)13-17(14-7-3-1-4-8-14)22(18)15-9-5-2-6-10-15/h1-13,23-24H. The van der Waals surface area contributed by atoms with Gasteiger partial charge in [0.1, 0.15) is 11.5 Å². The van der Waals surface area contributed by atoms with Crippen molar-refractivity contribution >= 4 is 10.9 Å². The summed E-state index contributed by atoms with van der Waals surface area (Å²) in [6.07, 6.45) is 0. The van der Waals surface area contributed by atoms with E-state index in [9.17, 15) is 15.0 Å². The first-order valence-electron chi connectivity index (χ1n) is 7.88. The van der Waals surface area contributed by atoms with Crippen LogP contribution in [0, 0.1) is 0 Å². The second-order valence-electron chi connectivity index (χ2n) is 5.79. The van der Waals surface area contributed by atoms with Crippen LogP contribution in [0.2, 0.25) is 0 Å². The van der Waals surface area contributed by atoms with Crippen molar-refractivity contribution in [2.45, 2.75) is 0 Å². The fraction of sp³-hybridized carbons (Fsp3) is 0. The Hall–Kier alpha value is -3.53. The van der Waals surface area contributed by atoms with Gasteiger partial charge in [-0.1, -0.05) is 48.5 Å². The van der Waals surface area contributed by atoms with Gasteiger partial charge in [-0.25, -0.2) is 0 Å². The van der Waals surface area contributed by atoms with Gasteiger partial charge >= 0.3 is 0 Å². The van der Waals surface area contributed by atoms with E-state index >= 15 is 0 Å². The number of pyridine rings is 1. The van der Waals surface area contributed by atoms with Crippen LogP contribution in [-0.2, 0) is 0 Å². The van der Waals surface area contributed by atoms with Crippen LogP contribution in [-0.4, -0.2) is 14.8 Å². The smallest absolute Gasteiger partial charge is 0.193 e. The van der Waals surface area contributed by atoms with E-state index in [-0.39, 0.29) is 22.3 Å². The lowest BCUT2D eigenvalue weighted by Gasteiger charge is -2.18. The van der Waals surface area contributed by atoms with Crippen molar-refractivity contribution in [3.8, 4) is 28.4 Å². The highest BCUT2D eigenvalue weighted by Gasteiger charge is 2.16. The lowest BCUT2D eigenvalue weighted by Crippen LogP contribution is -2.10. The predicted molar refractivity (Wildman–Crippen MR) is 98.3 cm³/mol. The number of aromatic hydroxyl groups is 2. The average molecular weight is 329 g/mol. The molecule has 0 amide bonds. The van der Waals surface area contributed by atoms with E-state index in [1.807, 2.05) is 65.2 Å². The Balaban J connectivity index is 2.21. The van der Waals surface area contributed by atoms with Gasteiger partial charge in [-0.3, -0.25) is 4.79 Å². The number of nitrogens with zero attached hydrogens (tertiary/aromatic N) is 1. The number of fused-ring (bicyclic) bond motifs is 1. The normalized spacial score (nSPS) is 10.9. The molecule has 0 atom stereocenters. The van der Waals surface area contributed by atoms with E-state index in [4.69, 9.17) is 0 Å². The van der Waals surface area contributed by atoms with E-state index in [0.717, 1.165) is 11.3 Å². The van der Waals surface area contributed by atoms with Crippen molar-refractivity contribution in [3.63, 3.8) is 0 Å². The van der Waals surface area contributed by atoms with E-state index in [0.29, 0.717) is 11.2 Å². The first-order chi connectivity index (χ1) is 12.1. The Morgan fingerprint density at radius 1 is 0.760 bits per heavy atom. The molecule has 122 valence electrons. The molecule has 0 bridgehead atoms. The van der Waals surface area contributed by atoms with Crippen LogP contribution >= 0.6 is 0 Å². The largest absolute Gasteiger partial charge is 0.508 e. The summed E-state index contributed by atoms with van der Waals surface area (Å²) in [5.74, 6) is -0.330. The van der Waals surface area contributed by atoms with Crippen LogP contribution in [0.15, 0.2) is 83.7 Å². The number of phenolic OH excluding ortho intramolecular Hbond substituents is 2. The van der Waals surface area contributed by atoms with Crippen LogP contribution in [0.5, 0.6) is 11.5 Å². The minimum atomic E-state index is -0.293. The summed E-state index contributed by atoms with van der Waals surface area (Å²) in [5, 5.41) is 20.3. The Bertz CT molecular complexity index is 1120. The molecule has 0 aliphatic carbocycles. The lowest BCUT2D eigenvalue weighted by molar-refractivity contribution is 0.454. The monoisotopic (exact) mass is 329 g/mol. The number of hydrogen-bond donors (Lipinski definition) is 2. The van der Waals surface area contributed by atoms with E-state index < -0.39 is 0 Å². The van der Waals surface area contributed by atoms with E-state index in [1.165, 1.54) is 18.2 Å². The zero-order chi connectivity index (χ0) is 17.4. The van der Waals surface area contributed by atoms with Gasteiger partial charge in [-0.05, 0) is 17.7 Å². The highest BCUT2D eigenvalue weighted by molar-refractivity contribution is 5.90. The zero-order valence-electron chi connectivity index (χ0n) is 13.3. The number of para-hydroxylation sites is 1. The third-order valence-corrected chi connectivity index (χ3v) is 4.16. The molecule has 0 saturated heterocycles. The number of rotatable bonds is 2. The maximum atomic E-state index is 12.6. The molecule has 4 rings (SSSR count). The van der Waals surface area contributed by atoms with E-state index in [1.54, 1.807) is 0 Å².